The first kappa shape index (κ1) is 28.6. The van der Waals surface area contributed by atoms with Crippen LogP contribution in [0.5, 0.6) is 0 Å². The van der Waals surface area contributed by atoms with Gasteiger partial charge in [-0.15, -0.1) is 0 Å². The van der Waals surface area contributed by atoms with Crippen LogP contribution in [-0.2, 0) is 12.1 Å². The maximum Gasteiger partial charge on any atom is 0.350 e. The molecule has 2 atom stereocenters. The van der Waals surface area contributed by atoms with Gasteiger partial charge in [0.2, 0.25) is 0 Å². The monoisotopic (exact) mass is 566 g/mol. The van der Waals surface area contributed by atoms with E-state index in [1.165, 1.54) is 23.4 Å². The molecule has 12 heteroatoms. The molecular formula is C29H36F2N8O2. The van der Waals surface area contributed by atoms with Crippen LogP contribution < -0.4 is 10.6 Å². The van der Waals surface area contributed by atoms with Crippen molar-refractivity contribution in [1.29, 1.82) is 0 Å². The van der Waals surface area contributed by atoms with Crippen LogP contribution in [0.4, 0.5) is 14.5 Å². The van der Waals surface area contributed by atoms with E-state index in [9.17, 15) is 18.7 Å². The molecule has 0 spiro atoms. The maximum absolute atomic E-state index is 14.9. The number of aliphatic hydroxyl groups is 1. The van der Waals surface area contributed by atoms with Crippen LogP contribution in [0, 0.1) is 11.6 Å². The second-order valence-electron chi connectivity index (χ2n) is 10.6. The van der Waals surface area contributed by atoms with Crippen molar-refractivity contribution in [2.45, 2.75) is 57.8 Å². The molecule has 0 radical (unpaired) electrons. The second-order valence-corrected chi connectivity index (χ2v) is 10.6. The van der Waals surface area contributed by atoms with Crippen LogP contribution in [0.2, 0.25) is 0 Å². The molecule has 3 heterocycles. The molecule has 10 nitrogen and oxygen atoms in total. The third-order valence-corrected chi connectivity index (χ3v) is 8.30. The standard InChI is InChI=1S/C29H36F2N8O2/c1-4-23(5-2)39-28(40)38(20-34-39)25-9-7-24(8-10-25)36-14-12-35(13-15-36)21(3)29(41,17-37-19-32-18-33-37)26-11-6-22(30)16-27(26)31/h6-11,16,18-21,23,41H,4-5,12-15,17H2,1-3H3/t21-,29+/m1/s1. The number of hydrogen-bond acceptors (Lipinski definition) is 7. The Balaban J connectivity index is 1.29. The number of halogens is 2. The van der Waals surface area contributed by atoms with E-state index in [-0.39, 0.29) is 23.8 Å². The molecule has 0 unspecified atom stereocenters. The van der Waals surface area contributed by atoms with Gasteiger partial charge in [0.05, 0.1) is 18.3 Å². The van der Waals surface area contributed by atoms with Crippen LogP contribution in [0.1, 0.15) is 45.2 Å². The van der Waals surface area contributed by atoms with E-state index in [1.807, 2.05) is 45.0 Å². The van der Waals surface area contributed by atoms with Gasteiger partial charge in [-0.1, -0.05) is 19.9 Å². The third-order valence-electron chi connectivity index (χ3n) is 8.30. The van der Waals surface area contributed by atoms with E-state index < -0.39 is 23.3 Å². The van der Waals surface area contributed by atoms with Gasteiger partial charge in [-0.3, -0.25) is 4.90 Å². The minimum atomic E-state index is -1.68. The topological polar surface area (TPSA) is 97.2 Å². The molecule has 41 heavy (non-hydrogen) atoms. The first-order chi connectivity index (χ1) is 19.7. The Morgan fingerprint density at radius 2 is 1.63 bits per heavy atom. The number of benzene rings is 2. The Morgan fingerprint density at radius 3 is 2.24 bits per heavy atom. The predicted molar refractivity (Wildman–Crippen MR) is 151 cm³/mol. The molecule has 0 amide bonds. The minimum absolute atomic E-state index is 0.0164. The van der Waals surface area contributed by atoms with Crippen molar-refractivity contribution in [3.05, 3.63) is 89.1 Å². The van der Waals surface area contributed by atoms with Crippen LogP contribution >= 0.6 is 0 Å². The summed E-state index contributed by atoms with van der Waals surface area (Å²) in [7, 11) is 0. The smallest absolute Gasteiger partial charge is 0.350 e. The first-order valence-corrected chi connectivity index (χ1v) is 14.0. The lowest BCUT2D eigenvalue weighted by atomic mass is 9.85. The lowest BCUT2D eigenvalue weighted by Crippen LogP contribution is -2.57. The molecule has 1 N–H and O–H groups in total. The Labute approximate surface area is 237 Å². The van der Waals surface area contributed by atoms with Gasteiger partial charge < -0.3 is 10.0 Å². The molecule has 1 aliphatic rings. The molecule has 218 valence electrons. The number of aromatic nitrogens is 6. The lowest BCUT2D eigenvalue weighted by molar-refractivity contribution is -0.0650. The largest absolute Gasteiger partial charge is 0.381 e. The zero-order chi connectivity index (χ0) is 29.1. The lowest BCUT2D eigenvalue weighted by Gasteiger charge is -2.45. The van der Waals surface area contributed by atoms with Crippen molar-refractivity contribution in [3.63, 3.8) is 0 Å². The number of anilines is 1. The normalized spacial score (nSPS) is 16.7. The number of nitrogens with zero attached hydrogens (tertiary/aromatic N) is 8. The Kier molecular flexibility index (Phi) is 8.32. The van der Waals surface area contributed by atoms with Crippen LogP contribution in [0.3, 0.4) is 0 Å². The molecule has 1 aliphatic heterocycles. The fourth-order valence-corrected chi connectivity index (χ4v) is 5.72. The first-order valence-electron chi connectivity index (χ1n) is 14.0. The van der Waals surface area contributed by atoms with Crippen molar-refractivity contribution in [1.82, 2.24) is 34.0 Å². The van der Waals surface area contributed by atoms with Crippen LogP contribution in [0.15, 0.2) is 66.2 Å². The van der Waals surface area contributed by atoms with Gasteiger partial charge in [-0.05, 0) is 50.1 Å². The molecule has 2 aromatic carbocycles. The van der Waals surface area contributed by atoms with E-state index >= 15 is 0 Å². The zero-order valence-electron chi connectivity index (χ0n) is 23.6. The van der Waals surface area contributed by atoms with E-state index in [0.717, 1.165) is 36.3 Å². The Hall–Kier alpha value is -3.90. The fraction of sp³-hybridized carbons (Fsp3) is 0.448. The summed E-state index contributed by atoms with van der Waals surface area (Å²) in [5.74, 6) is -1.51. The summed E-state index contributed by atoms with van der Waals surface area (Å²) in [5, 5.41) is 20.3. The number of rotatable bonds is 10. The van der Waals surface area contributed by atoms with Crippen molar-refractivity contribution in [3.8, 4) is 5.69 Å². The van der Waals surface area contributed by atoms with Gasteiger partial charge in [0.15, 0.2) is 0 Å². The van der Waals surface area contributed by atoms with Crippen LogP contribution in [0.25, 0.3) is 5.69 Å². The highest BCUT2D eigenvalue weighted by molar-refractivity contribution is 5.51. The molecule has 4 aromatic rings. The van der Waals surface area contributed by atoms with Gasteiger partial charge in [-0.2, -0.15) is 10.2 Å². The fourth-order valence-electron chi connectivity index (χ4n) is 5.72. The Bertz CT molecular complexity index is 1490. The quantitative estimate of drug-likeness (QED) is 0.314. The summed E-state index contributed by atoms with van der Waals surface area (Å²) in [5.41, 5.74) is -0.0407. The third kappa shape index (κ3) is 5.66. The van der Waals surface area contributed by atoms with Gasteiger partial charge in [-0.25, -0.2) is 32.5 Å². The van der Waals surface area contributed by atoms with E-state index in [2.05, 4.69) is 25.0 Å². The van der Waals surface area contributed by atoms with Crippen molar-refractivity contribution < 1.29 is 13.9 Å². The molecule has 2 aromatic heterocycles. The average molecular weight is 567 g/mol. The molecule has 0 aliphatic carbocycles. The zero-order valence-corrected chi connectivity index (χ0v) is 23.6. The molecular weight excluding hydrogens is 530 g/mol. The number of piperazine rings is 1. The highest BCUT2D eigenvalue weighted by Crippen LogP contribution is 2.33. The molecule has 1 fully saturated rings. The van der Waals surface area contributed by atoms with Crippen LogP contribution in [-0.4, -0.2) is 71.3 Å². The second kappa shape index (κ2) is 11.9. The average Bonchev–Trinajstić information content (AvgIpc) is 3.63. The summed E-state index contributed by atoms with van der Waals surface area (Å²) >= 11 is 0. The summed E-state index contributed by atoms with van der Waals surface area (Å²) in [6.45, 7) is 8.51. The van der Waals surface area contributed by atoms with Gasteiger partial charge >= 0.3 is 5.69 Å². The summed E-state index contributed by atoms with van der Waals surface area (Å²) < 4.78 is 33.2. The molecule has 0 saturated carbocycles. The van der Waals surface area contributed by atoms with Crippen molar-refractivity contribution >= 4 is 5.69 Å². The summed E-state index contributed by atoms with van der Waals surface area (Å²) in [4.78, 5) is 21.2. The maximum atomic E-state index is 14.9. The SMILES string of the molecule is CCC(CC)n1ncn(-c2ccc(N3CCN([C@H](C)[C@@](O)(Cn4cncn4)c4ccc(F)cc4F)CC3)cc2)c1=O. The van der Waals surface area contributed by atoms with Gasteiger partial charge in [0, 0.05) is 49.5 Å². The van der Waals surface area contributed by atoms with E-state index in [0.29, 0.717) is 26.2 Å². The highest BCUT2D eigenvalue weighted by Gasteiger charge is 2.42. The summed E-state index contributed by atoms with van der Waals surface area (Å²) in [6.07, 6.45) is 6.07. The Morgan fingerprint density at radius 1 is 0.951 bits per heavy atom. The molecule has 0 bridgehead atoms. The van der Waals surface area contributed by atoms with Gasteiger partial charge in [0.1, 0.15) is 36.2 Å². The summed E-state index contributed by atoms with van der Waals surface area (Å²) in [6, 6.07) is 10.6. The van der Waals surface area contributed by atoms with Crippen molar-refractivity contribution in [2.75, 3.05) is 31.1 Å². The van der Waals surface area contributed by atoms with Gasteiger partial charge in [0.25, 0.3) is 0 Å². The predicted octanol–water partition coefficient (Wildman–Crippen LogP) is 3.36. The number of hydrogen-bond donors (Lipinski definition) is 1. The minimum Gasteiger partial charge on any atom is -0.381 e. The van der Waals surface area contributed by atoms with Crippen molar-refractivity contribution in [2.24, 2.45) is 0 Å². The highest BCUT2D eigenvalue weighted by atomic mass is 19.1. The molecule has 1 saturated heterocycles. The van der Waals surface area contributed by atoms with E-state index in [1.54, 1.807) is 15.6 Å². The van der Waals surface area contributed by atoms with E-state index in [4.69, 9.17) is 0 Å². The molecule has 5 rings (SSSR count).